The molecule has 1 saturated heterocycles. The summed E-state index contributed by atoms with van der Waals surface area (Å²) in [5.74, 6) is 1.71. The second-order valence-corrected chi connectivity index (χ2v) is 5.48. The molecule has 0 radical (unpaired) electrons. The first kappa shape index (κ1) is 11.8. The van der Waals surface area contributed by atoms with Gasteiger partial charge in [0.2, 0.25) is 0 Å². The summed E-state index contributed by atoms with van der Waals surface area (Å²) in [6.45, 7) is 4.76. The van der Waals surface area contributed by atoms with Crippen molar-refractivity contribution in [3.05, 3.63) is 23.3 Å². The van der Waals surface area contributed by atoms with Gasteiger partial charge in [0.1, 0.15) is 0 Å². The van der Waals surface area contributed by atoms with E-state index in [1.807, 2.05) is 0 Å². The van der Waals surface area contributed by atoms with Crippen molar-refractivity contribution in [2.45, 2.75) is 31.7 Å². The van der Waals surface area contributed by atoms with Crippen molar-refractivity contribution in [2.24, 2.45) is 0 Å². The van der Waals surface area contributed by atoms with Crippen molar-refractivity contribution in [1.82, 2.24) is 4.90 Å². The van der Waals surface area contributed by atoms with Crippen LogP contribution in [-0.4, -0.2) is 32.2 Å². The van der Waals surface area contributed by atoms with E-state index in [0.717, 1.165) is 17.9 Å². The molecule has 3 nitrogen and oxygen atoms in total. The molecular weight excluding hydrogens is 226 g/mol. The van der Waals surface area contributed by atoms with Gasteiger partial charge in [0, 0.05) is 12.1 Å². The lowest BCUT2D eigenvalue weighted by Gasteiger charge is -2.41. The van der Waals surface area contributed by atoms with Crippen LogP contribution in [0, 0.1) is 0 Å². The number of fused-ring (bicyclic) bond motifs is 3. The van der Waals surface area contributed by atoms with Crippen LogP contribution in [0.2, 0.25) is 0 Å². The minimum Gasteiger partial charge on any atom is -0.493 e. The number of hydrogen-bond donors (Lipinski definition) is 0. The predicted octanol–water partition coefficient (Wildman–Crippen LogP) is 2.57. The highest BCUT2D eigenvalue weighted by Gasteiger charge is 2.42. The third-order valence-electron chi connectivity index (χ3n) is 4.63. The number of ether oxygens (including phenoxy) is 2. The van der Waals surface area contributed by atoms with Crippen LogP contribution in [0.1, 0.15) is 30.9 Å². The fourth-order valence-corrected chi connectivity index (χ4v) is 3.57. The smallest absolute Gasteiger partial charge is 0.161 e. The van der Waals surface area contributed by atoms with Crippen molar-refractivity contribution in [1.29, 1.82) is 0 Å². The second-order valence-electron chi connectivity index (χ2n) is 5.48. The van der Waals surface area contributed by atoms with Crippen LogP contribution in [-0.2, 0) is 12.0 Å². The number of benzene rings is 1. The summed E-state index contributed by atoms with van der Waals surface area (Å²) < 4.78 is 10.9. The fraction of sp³-hybridized carbons (Fsp3) is 0.600. The number of hydrogen-bond acceptors (Lipinski definition) is 3. The minimum absolute atomic E-state index is 0.202. The van der Waals surface area contributed by atoms with Crippen molar-refractivity contribution in [3.8, 4) is 11.5 Å². The Hall–Kier alpha value is -1.22. The van der Waals surface area contributed by atoms with Crippen LogP contribution in [0.25, 0.3) is 0 Å². The summed E-state index contributed by atoms with van der Waals surface area (Å²) in [6.07, 6.45) is 3.66. The largest absolute Gasteiger partial charge is 0.493 e. The molecule has 98 valence electrons. The summed E-state index contributed by atoms with van der Waals surface area (Å²) in [5.41, 5.74) is 3.06. The maximum Gasteiger partial charge on any atom is 0.161 e. The molecule has 2 heterocycles. The van der Waals surface area contributed by atoms with Crippen LogP contribution in [0.3, 0.4) is 0 Å². The van der Waals surface area contributed by atoms with E-state index in [1.165, 1.54) is 37.1 Å². The van der Waals surface area contributed by atoms with E-state index in [1.54, 1.807) is 14.2 Å². The highest BCUT2D eigenvalue weighted by Crippen LogP contribution is 2.46. The normalized spacial score (nSPS) is 26.6. The lowest BCUT2D eigenvalue weighted by atomic mass is 9.81. The lowest BCUT2D eigenvalue weighted by Crippen LogP contribution is -2.44. The molecule has 18 heavy (non-hydrogen) atoms. The number of rotatable bonds is 2. The summed E-state index contributed by atoms with van der Waals surface area (Å²) in [6, 6.07) is 4.35. The van der Waals surface area contributed by atoms with E-state index in [0.29, 0.717) is 0 Å². The van der Waals surface area contributed by atoms with Crippen molar-refractivity contribution >= 4 is 0 Å². The van der Waals surface area contributed by atoms with Gasteiger partial charge < -0.3 is 9.47 Å². The molecule has 1 aromatic rings. The zero-order chi connectivity index (χ0) is 12.8. The van der Waals surface area contributed by atoms with Crippen LogP contribution < -0.4 is 9.47 Å². The molecule has 0 unspecified atom stereocenters. The third kappa shape index (κ3) is 1.53. The zero-order valence-corrected chi connectivity index (χ0v) is 11.5. The Kier molecular flexibility index (Phi) is 2.74. The van der Waals surface area contributed by atoms with Gasteiger partial charge in [0.15, 0.2) is 11.5 Å². The Morgan fingerprint density at radius 2 is 1.83 bits per heavy atom. The Morgan fingerprint density at radius 1 is 1.11 bits per heavy atom. The zero-order valence-electron chi connectivity index (χ0n) is 11.5. The molecule has 3 heteroatoms. The average Bonchev–Trinajstić information content (AvgIpc) is 2.79. The quantitative estimate of drug-likeness (QED) is 0.801. The molecule has 0 bridgehead atoms. The van der Waals surface area contributed by atoms with Gasteiger partial charge in [-0.05, 0) is 56.0 Å². The molecule has 0 saturated carbocycles. The topological polar surface area (TPSA) is 21.7 Å². The summed E-state index contributed by atoms with van der Waals surface area (Å²) in [5, 5.41) is 0. The van der Waals surface area contributed by atoms with E-state index in [4.69, 9.17) is 9.47 Å². The maximum atomic E-state index is 5.45. The highest BCUT2D eigenvalue weighted by molar-refractivity contribution is 5.51. The first-order chi connectivity index (χ1) is 8.69. The first-order valence-electron chi connectivity index (χ1n) is 6.69. The van der Waals surface area contributed by atoms with Gasteiger partial charge in [0.25, 0.3) is 0 Å². The fourth-order valence-electron chi connectivity index (χ4n) is 3.57. The van der Waals surface area contributed by atoms with Gasteiger partial charge in [-0.2, -0.15) is 0 Å². The van der Waals surface area contributed by atoms with Gasteiger partial charge in [-0.3, -0.25) is 4.90 Å². The monoisotopic (exact) mass is 247 g/mol. The van der Waals surface area contributed by atoms with Gasteiger partial charge in [0.05, 0.1) is 14.2 Å². The van der Waals surface area contributed by atoms with Crippen molar-refractivity contribution < 1.29 is 9.47 Å². The SMILES string of the molecule is COc1cc2c(cc1OC)[C@]1(C)CCCN1CC2. The number of nitrogens with zero attached hydrogens (tertiary/aromatic N) is 1. The molecular formula is C15H21NO2. The van der Waals surface area contributed by atoms with Crippen LogP contribution >= 0.6 is 0 Å². The van der Waals surface area contributed by atoms with Crippen molar-refractivity contribution in [3.63, 3.8) is 0 Å². The molecule has 0 aromatic heterocycles. The maximum absolute atomic E-state index is 5.45. The second kappa shape index (κ2) is 4.16. The number of methoxy groups -OCH3 is 2. The molecule has 0 amide bonds. The summed E-state index contributed by atoms with van der Waals surface area (Å²) in [4.78, 5) is 2.61. The van der Waals surface area contributed by atoms with Gasteiger partial charge in [-0.15, -0.1) is 0 Å². The lowest BCUT2D eigenvalue weighted by molar-refractivity contribution is 0.142. The van der Waals surface area contributed by atoms with Crippen molar-refractivity contribution in [2.75, 3.05) is 27.3 Å². The average molecular weight is 247 g/mol. The Labute approximate surface area is 109 Å². The van der Waals surface area contributed by atoms with E-state index in [2.05, 4.69) is 24.0 Å². The van der Waals surface area contributed by atoms with Crippen LogP contribution in [0.5, 0.6) is 11.5 Å². The van der Waals surface area contributed by atoms with Crippen LogP contribution in [0.4, 0.5) is 0 Å². The predicted molar refractivity (Wildman–Crippen MR) is 71.4 cm³/mol. The molecule has 1 atom stereocenters. The van der Waals surface area contributed by atoms with Gasteiger partial charge in [-0.25, -0.2) is 0 Å². The van der Waals surface area contributed by atoms with Gasteiger partial charge in [-0.1, -0.05) is 0 Å². The minimum atomic E-state index is 0.202. The van der Waals surface area contributed by atoms with E-state index < -0.39 is 0 Å². The third-order valence-corrected chi connectivity index (χ3v) is 4.63. The molecule has 2 aliphatic rings. The molecule has 1 aromatic carbocycles. The summed E-state index contributed by atoms with van der Waals surface area (Å²) >= 11 is 0. The molecule has 2 aliphatic heterocycles. The highest BCUT2D eigenvalue weighted by atomic mass is 16.5. The Bertz CT molecular complexity index is 472. The Balaban J connectivity index is 2.13. The van der Waals surface area contributed by atoms with E-state index in [-0.39, 0.29) is 5.54 Å². The molecule has 0 N–H and O–H groups in total. The first-order valence-corrected chi connectivity index (χ1v) is 6.69. The molecule has 1 fully saturated rings. The molecule has 0 aliphatic carbocycles. The van der Waals surface area contributed by atoms with E-state index in [9.17, 15) is 0 Å². The van der Waals surface area contributed by atoms with E-state index >= 15 is 0 Å². The summed E-state index contributed by atoms with van der Waals surface area (Å²) in [7, 11) is 3.42. The van der Waals surface area contributed by atoms with Gasteiger partial charge >= 0.3 is 0 Å². The molecule has 3 rings (SSSR count). The Morgan fingerprint density at radius 3 is 2.56 bits per heavy atom. The molecule has 0 spiro atoms. The van der Waals surface area contributed by atoms with Crippen LogP contribution in [0.15, 0.2) is 12.1 Å². The standard InChI is InChI=1S/C15H21NO2/c1-15-6-4-7-16(15)8-5-11-9-13(17-2)14(18-3)10-12(11)15/h9-10H,4-8H2,1-3H3/t15-/m0/s1.